The second-order valence-corrected chi connectivity index (χ2v) is 7.64. The number of carbonyl (C=O) groups excluding carboxylic acids is 1. The zero-order valence-corrected chi connectivity index (χ0v) is 16.3. The molecule has 152 valence electrons. The Morgan fingerprint density at radius 2 is 1.77 bits per heavy atom. The molecule has 7 heteroatoms. The predicted octanol–water partition coefficient (Wildman–Crippen LogP) is 3.59. The first-order valence-electron chi connectivity index (χ1n) is 10.1. The van der Waals surface area contributed by atoms with Crippen molar-refractivity contribution in [3.8, 4) is 11.5 Å². The van der Waals surface area contributed by atoms with Gasteiger partial charge >= 0.3 is 0 Å². The summed E-state index contributed by atoms with van der Waals surface area (Å²) >= 11 is 0. The molecule has 1 N–H and O–H groups in total. The summed E-state index contributed by atoms with van der Waals surface area (Å²) in [5.74, 6) is 0.395. The van der Waals surface area contributed by atoms with Gasteiger partial charge in [0.2, 0.25) is 0 Å². The summed E-state index contributed by atoms with van der Waals surface area (Å²) in [6.45, 7) is 0.299. The number of anilines is 1. The topological polar surface area (TPSA) is 82.5 Å². The molecule has 2 aromatic carbocycles. The molecule has 1 spiro atoms. The van der Waals surface area contributed by atoms with E-state index in [1.807, 2.05) is 36.4 Å². The van der Waals surface area contributed by atoms with E-state index in [9.17, 15) is 9.59 Å². The van der Waals surface area contributed by atoms with E-state index in [2.05, 4.69) is 10.4 Å². The van der Waals surface area contributed by atoms with Gasteiger partial charge in [-0.3, -0.25) is 9.59 Å². The number of rotatable bonds is 4. The SMILES string of the molecule is O=C(Nc1ccc2c(c1)OC1(CCCC1)O2)c1ccc(=O)n(Cc2ccccc2)n1. The molecule has 1 aliphatic carbocycles. The van der Waals surface area contributed by atoms with Crippen molar-refractivity contribution >= 4 is 11.6 Å². The van der Waals surface area contributed by atoms with Gasteiger partial charge in [0, 0.05) is 30.7 Å². The van der Waals surface area contributed by atoms with Crippen LogP contribution in [0.25, 0.3) is 0 Å². The Balaban J connectivity index is 1.33. The van der Waals surface area contributed by atoms with E-state index in [1.165, 1.54) is 16.8 Å². The molecule has 5 rings (SSSR count). The number of aromatic nitrogens is 2. The van der Waals surface area contributed by atoms with Gasteiger partial charge in [-0.15, -0.1) is 0 Å². The smallest absolute Gasteiger partial charge is 0.276 e. The number of benzene rings is 2. The lowest BCUT2D eigenvalue weighted by molar-refractivity contribution is -0.0716. The molecule has 1 amide bonds. The summed E-state index contributed by atoms with van der Waals surface area (Å²) in [7, 11) is 0. The summed E-state index contributed by atoms with van der Waals surface area (Å²) in [5.41, 5.74) is 1.41. The molecule has 2 heterocycles. The second-order valence-electron chi connectivity index (χ2n) is 7.64. The molecule has 1 saturated carbocycles. The molecular weight excluding hydrogens is 382 g/mol. The van der Waals surface area contributed by atoms with Gasteiger partial charge in [-0.25, -0.2) is 4.68 Å². The Kier molecular flexibility index (Phi) is 4.50. The number of fused-ring (bicyclic) bond motifs is 1. The van der Waals surface area contributed by atoms with E-state index < -0.39 is 11.7 Å². The van der Waals surface area contributed by atoms with Crippen molar-refractivity contribution in [3.63, 3.8) is 0 Å². The molecule has 0 saturated heterocycles. The third-order valence-corrected chi connectivity index (χ3v) is 5.43. The van der Waals surface area contributed by atoms with Crippen molar-refractivity contribution in [2.24, 2.45) is 0 Å². The number of nitrogens with zero attached hydrogens (tertiary/aromatic N) is 2. The van der Waals surface area contributed by atoms with Crippen molar-refractivity contribution in [1.82, 2.24) is 9.78 Å². The molecule has 1 aliphatic heterocycles. The van der Waals surface area contributed by atoms with Crippen LogP contribution < -0.4 is 20.3 Å². The van der Waals surface area contributed by atoms with Crippen molar-refractivity contribution in [2.75, 3.05) is 5.32 Å². The predicted molar refractivity (Wildman–Crippen MR) is 111 cm³/mol. The summed E-state index contributed by atoms with van der Waals surface area (Å²) < 4.78 is 13.3. The highest BCUT2D eigenvalue weighted by molar-refractivity contribution is 6.02. The zero-order valence-electron chi connectivity index (χ0n) is 16.3. The molecule has 0 unspecified atom stereocenters. The second kappa shape index (κ2) is 7.33. The first-order chi connectivity index (χ1) is 14.6. The van der Waals surface area contributed by atoms with Crippen molar-refractivity contribution in [3.05, 3.63) is 82.3 Å². The maximum atomic E-state index is 12.7. The minimum Gasteiger partial charge on any atom is -0.448 e. The van der Waals surface area contributed by atoms with Crippen LogP contribution in [0.2, 0.25) is 0 Å². The van der Waals surface area contributed by atoms with Crippen LogP contribution in [-0.4, -0.2) is 21.5 Å². The van der Waals surface area contributed by atoms with Crippen LogP contribution in [0.5, 0.6) is 11.5 Å². The Morgan fingerprint density at radius 1 is 1.00 bits per heavy atom. The monoisotopic (exact) mass is 403 g/mol. The molecule has 0 bridgehead atoms. The fraction of sp³-hybridized carbons (Fsp3) is 0.261. The van der Waals surface area contributed by atoms with Crippen molar-refractivity contribution in [2.45, 2.75) is 38.0 Å². The Morgan fingerprint density at radius 3 is 2.57 bits per heavy atom. The Hall–Kier alpha value is -3.61. The van der Waals surface area contributed by atoms with E-state index in [-0.39, 0.29) is 11.3 Å². The minimum absolute atomic E-state index is 0.162. The zero-order chi connectivity index (χ0) is 20.6. The van der Waals surface area contributed by atoms with Gasteiger partial charge in [0.25, 0.3) is 17.3 Å². The lowest BCUT2D eigenvalue weighted by atomic mass is 10.2. The van der Waals surface area contributed by atoms with Crippen LogP contribution in [0, 0.1) is 0 Å². The fourth-order valence-electron chi connectivity index (χ4n) is 3.92. The maximum Gasteiger partial charge on any atom is 0.276 e. The van der Waals surface area contributed by atoms with Crippen LogP contribution in [0.15, 0.2) is 65.5 Å². The first-order valence-corrected chi connectivity index (χ1v) is 10.1. The number of carbonyl (C=O) groups is 1. The third-order valence-electron chi connectivity index (χ3n) is 5.43. The quantitative estimate of drug-likeness (QED) is 0.720. The van der Waals surface area contributed by atoms with Gasteiger partial charge in [0.15, 0.2) is 11.5 Å². The van der Waals surface area contributed by atoms with Gasteiger partial charge < -0.3 is 14.8 Å². The first kappa shape index (κ1) is 18.4. The minimum atomic E-state index is -0.542. The number of ether oxygens (including phenoxy) is 2. The molecule has 3 aromatic rings. The highest BCUT2D eigenvalue weighted by Gasteiger charge is 2.44. The third kappa shape index (κ3) is 3.54. The van der Waals surface area contributed by atoms with E-state index in [0.29, 0.717) is 23.7 Å². The highest BCUT2D eigenvalue weighted by Crippen LogP contribution is 2.47. The molecule has 2 aliphatic rings. The highest BCUT2D eigenvalue weighted by atomic mass is 16.7. The number of amides is 1. The summed E-state index contributed by atoms with van der Waals surface area (Å²) in [5, 5.41) is 7.06. The molecule has 30 heavy (non-hydrogen) atoms. The van der Waals surface area contributed by atoms with Crippen LogP contribution in [0.4, 0.5) is 5.69 Å². The van der Waals surface area contributed by atoms with Gasteiger partial charge in [0.05, 0.1) is 6.54 Å². The van der Waals surface area contributed by atoms with Gasteiger partial charge in [-0.1, -0.05) is 30.3 Å². The molecular formula is C23H21N3O4. The summed E-state index contributed by atoms with van der Waals surface area (Å²) in [6, 6.07) is 17.6. The summed E-state index contributed by atoms with van der Waals surface area (Å²) in [6.07, 6.45) is 3.91. The Labute approximate surface area is 173 Å². The molecule has 0 radical (unpaired) electrons. The maximum absolute atomic E-state index is 12.7. The van der Waals surface area contributed by atoms with E-state index in [0.717, 1.165) is 31.2 Å². The lowest BCUT2D eigenvalue weighted by Gasteiger charge is -2.21. The van der Waals surface area contributed by atoms with Crippen molar-refractivity contribution in [1.29, 1.82) is 0 Å². The lowest BCUT2D eigenvalue weighted by Crippen LogP contribution is -2.34. The fourth-order valence-corrected chi connectivity index (χ4v) is 3.92. The number of hydrogen-bond donors (Lipinski definition) is 1. The van der Waals surface area contributed by atoms with Crippen LogP contribution in [-0.2, 0) is 6.54 Å². The number of nitrogens with one attached hydrogen (secondary N) is 1. The molecule has 7 nitrogen and oxygen atoms in total. The molecule has 1 fully saturated rings. The largest absolute Gasteiger partial charge is 0.448 e. The normalized spacial score (nSPS) is 16.0. The van der Waals surface area contributed by atoms with Gasteiger partial charge in [-0.05, 0) is 36.6 Å². The van der Waals surface area contributed by atoms with Gasteiger partial charge in [0.1, 0.15) is 5.69 Å². The van der Waals surface area contributed by atoms with Crippen LogP contribution in [0.1, 0.15) is 41.7 Å². The summed E-state index contributed by atoms with van der Waals surface area (Å²) in [4.78, 5) is 24.9. The number of hydrogen-bond acceptors (Lipinski definition) is 5. The van der Waals surface area contributed by atoms with Crippen molar-refractivity contribution < 1.29 is 14.3 Å². The van der Waals surface area contributed by atoms with E-state index in [1.54, 1.807) is 12.1 Å². The molecule has 0 atom stereocenters. The van der Waals surface area contributed by atoms with Crippen LogP contribution in [0.3, 0.4) is 0 Å². The Bertz CT molecular complexity index is 1150. The average molecular weight is 403 g/mol. The van der Waals surface area contributed by atoms with Crippen LogP contribution >= 0.6 is 0 Å². The van der Waals surface area contributed by atoms with E-state index >= 15 is 0 Å². The van der Waals surface area contributed by atoms with Gasteiger partial charge in [-0.2, -0.15) is 5.10 Å². The molecule has 1 aromatic heterocycles. The average Bonchev–Trinajstić information content (AvgIpc) is 3.35. The standard InChI is InChI=1S/C23H21N3O4/c27-21-11-9-18(25-26(21)15-16-6-2-1-3-7-16)22(28)24-17-8-10-19-20(14-17)30-23(29-19)12-4-5-13-23/h1-3,6-11,14H,4-5,12-13,15H2,(H,24,28). The van der Waals surface area contributed by atoms with E-state index in [4.69, 9.17) is 9.47 Å².